The van der Waals surface area contributed by atoms with Gasteiger partial charge in [-0.15, -0.1) is 0 Å². The summed E-state index contributed by atoms with van der Waals surface area (Å²) in [5.41, 5.74) is 7.08. The summed E-state index contributed by atoms with van der Waals surface area (Å²) in [5, 5.41) is 0.479. The van der Waals surface area contributed by atoms with Crippen LogP contribution in [0.25, 0.3) is 5.73 Å². The maximum Gasteiger partial charge on any atom is 0.546 e. The van der Waals surface area contributed by atoms with Gasteiger partial charge in [-0.3, -0.25) is 0 Å². The van der Waals surface area contributed by atoms with Crippen LogP contribution in [0.3, 0.4) is 0 Å². The predicted molar refractivity (Wildman–Crippen MR) is 125 cm³/mol. The third-order valence-electron chi connectivity index (χ3n) is 5.01. The van der Waals surface area contributed by atoms with Gasteiger partial charge in [-0.2, -0.15) is 11.4 Å². The maximum atomic E-state index is 10.3. The maximum absolute atomic E-state index is 10.3. The second-order valence-corrected chi connectivity index (χ2v) is 8.72. The van der Waals surface area contributed by atoms with Crippen LogP contribution >= 0.6 is 8.03 Å². The van der Waals surface area contributed by atoms with Crippen molar-refractivity contribution in [2.24, 2.45) is 0 Å². The van der Waals surface area contributed by atoms with Gasteiger partial charge in [0.1, 0.15) is 0 Å². The van der Waals surface area contributed by atoms with E-state index >= 15 is 0 Å². The van der Waals surface area contributed by atoms with Crippen molar-refractivity contribution >= 4 is 13.3 Å². The van der Waals surface area contributed by atoms with Gasteiger partial charge in [-0.05, 0) is 16.7 Å². The van der Waals surface area contributed by atoms with Crippen molar-refractivity contribution < 1.29 is 50.3 Å². The van der Waals surface area contributed by atoms with Gasteiger partial charge >= 0.3 is 8.03 Å². The Bertz CT molecular complexity index is 430. The summed E-state index contributed by atoms with van der Waals surface area (Å²) in [6, 6.07) is 8.53. The number of rotatable bonds is 17. The van der Waals surface area contributed by atoms with Crippen LogP contribution in [0, 0.1) is 40.8 Å². The second kappa shape index (κ2) is 26.6. The molecule has 0 radical (unpaired) electrons. The fourth-order valence-corrected chi connectivity index (χ4v) is 3.66. The number of hydrogen-bond donors (Lipinski definition) is 1. The first-order chi connectivity index (χ1) is 13.7. The van der Waals surface area contributed by atoms with E-state index in [0.717, 1.165) is 6.42 Å². The summed E-state index contributed by atoms with van der Waals surface area (Å²) in [6.45, 7) is 2.91. The molecule has 29 heavy (non-hydrogen) atoms. The van der Waals surface area contributed by atoms with Crippen molar-refractivity contribution in [2.45, 2.75) is 110 Å². The molecule has 0 aliphatic heterocycles. The molecule has 0 aromatic heterocycles. The quantitative estimate of drug-likeness (QED) is 0.156. The van der Waals surface area contributed by atoms with Crippen molar-refractivity contribution in [3.63, 3.8) is 0 Å². The molecule has 1 atom stereocenters. The smallest absolute Gasteiger partial charge is 0.546 e. The van der Waals surface area contributed by atoms with Gasteiger partial charge in [0.2, 0.25) is 5.30 Å². The van der Waals surface area contributed by atoms with Crippen molar-refractivity contribution in [3.05, 3.63) is 36.1 Å². The first-order valence-electron chi connectivity index (χ1n) is 11.6. The van der Waals surface area contributed by atoms with Gasteiger partial charge in [-0.1, -0.05) is 128 Å². The van der Waals surface area contributed by atoms with Gasteiger partial charge in [0.25, 0.3) is 0 Å². The largest absolute Gasteiger partial charge is 0.677 e. The van der Waals surface area contributed by atoms with Crippen LogP contribution in [0.15, 0.2) is 30.3 Å². The van der Waals surface area contributed by atoms with Crippen LogP contribution in [-0.4, -0.2) is 11.4 Å². The summed E-state index contributed by atoms with van der Waals surface area (Å²) in [5.74, 6) is 0. The zero-order chi connectivity index (χ0) is 20.7. The summed E-state index contributed by atoms with van der Waals surface area (Å²) >= 11 is 0. The van der Waals surface area contributed by atoms with E-state index in [9.17, 15) is 4.57 Å². The number of hydrogen-bond acceptors (Lipinski definition) is 1. The van der Waals surface area contributed by atoms with E-state index in [-0.39, 0.29) is 40.8 Å². The molecular formula is C24H44NNdO2P. The Balaban J connectivity index is 0. The van der Waals surface area contributed by atoms with Crippen LogP contribution in [0.1, 0.15) is 110 Å². The van der Waals surface area contributed by atoms with Crippen LogP contribution in [0.5, 0.6) is 0 Å². The Labute approximate surface area is 214 Å². The number of benzene rings is 1. The fourth-order valence-electron chi connectivity index (χ4n) is 3.23. The summed E-state index contributed by atoms with van der Waals surface area (Å²) in [4.78, 5) is 8.53. The molecule has 166 valence electrons. The van der Waals surface area contributed by atoms with Gasteiger partial charge in [0.15, 0.2) is 0 Å². The monoisotopic (exact) mass is 551 g/mol. The Morgan fingerprint density at radius 1 is 0.690 bits per heavy atom. The van der Waals surface area contributed by atoms with Crippen LogP contribution in [-0.2, 0) is 4.57 Å². The van der Waals surface area contributed by atoms with Crippen molar-refractivity contribution in [3.8, 4) is 0 Å². The Kier molecular flexibility index (Phi) is 29.2. The predicted octanol–water partition coefficient (Wildman–Crippen LogP) is 8.35. The normalized spacial score (nSPS) is 10.7. The van der Waals surface area contributed by atoms with E-state index in [1.165, 1.54) is 96.3 Å². The second-order valence-electron chi connectivity index (χ2n) is 7.66. The number of nitrogens with one attached hydrogen (secondary N) is 1. The molecule has 0 saturated carbocycles. The SMILES string of the molecule is CCCCCCCCCCCCCCCCCC[NH-].O=[P+](O)c1ccccc1.[Nd]. The molecule has 0 spiro atoms. The molecule has 0 heterocycles. The first kappa shape index (κ1) is 31.8. The Morgan fingerprint density at radius 3 is 1.31 bits per heavy atom. The average Bonchev–Trinajstić information content (AvgIpc) is 2.72. The fraction of sp³-hybridized carbons (Fsp3) is 0.750. The molecule has 0 saturated heterocycles. The van der Waals surface area contributed by atoms with Gasteiger partial charge in [-0.25, -0.2) is 0 Å². The van der Waals surface area contributed by atoms with E-state index in [1.807, 2.05) is 6.07 Å². The molecule has 0 aliphatic rings. The van der Waals surface area contributed by atoms with Crippen molar-refractivity contribution in [2.75, 3.05) is 6.54 Å². The zero-order valence-corrected chi connectivity index (χ0v) is 22.8. The van der Waals surface area contributed by atoms with Gasteiger partial charge in [0, 0.05) is 40.8 Å². The zero-order valence-electron chi connectivity index (χ0n) is 18.7. The standard InChI is InChI=1S/C18H38N.C6H5O2P.Nd/c1-2-3-4-5-6-7-8-9-10-11-12-13-14-15-16-17-18-19;7-9(8)6-4-2-1-3-5-6;/h19H,2-18H2,1H3;1-5H;/q-1;;/p+1. The third kappa shape index (κ3) is 24.7. The number of unbranched alkanes of at least 4 members (excludes halogenated alkanes) is 15. The van der Waals surface area contributed by atoms with Crippen molar-refractivity contribution in [1.82, 2.24) is 0 Å². The average molecular weight is 554 g/mol. The third-order valence-corrected chi connectivity index (χ3v) is 5.75. The van der Waals surface area contributed by atoms with E-state index in [0.29, 0.717) is 11.8 Å². The molecule has 1 rings (SSSR count). The Morgan fingerprint density at radius 2 is 1.03 bits per heavy atom. The van der Waals surface area contributed by atoms with Crippen LogP contribution in [0.2, 0.25) is 0 Å². The van der Waals surface area contributed by atoms with E-state index in [4.69, 9.17) is 10.6 Å². The molecule has 5 heteroatoms. The topological polar surface area (TPSA) is 61.1 Å². The van der Waals surface area contributed by atoms with E-state index in [2.05, 4.69) is 6.92 Å². The summed E-state index contributed by atoms with van der Waals surface area (Å²) in [6.07, 6.45) is 22.5. The van der Waals surface area contributed by atoms with Crippen LogP contribution in [0.4, 0.5) is 0 Å². The summed E-state index contributed by atoms with van der Waals surface area (Å²) in [7, 11) is -2.15. The van der Waals surface area contributed by atoms with Crippen LogP contribution < -0.4 is 5.30 Å². The van der Waals surface area contributed by atoms with E-state index in [1.54, 1.807) is 24.3 Å². The molecule has 2 N–H and O–H groups in total. The minimum atomic E-state index is -2.15. The van der Waals surface area contributed by atoms with E-state index < -0.39 is 8.03 Å². The molecule has 3 nitrogen and oxygen atoms in total. The summed E-state index contributed by atoms with van der Waals surface area (Å²) < 4.78 is 10.3. The molecule has 0 fully saturated rings. The molecule has 0 bridgehead atoms. The molecule has 1 aromatic carbocycles. The Hall–Kier alpha value is 0.591. The van der Waals surface area contributed by atoms with Crippen molar-refractivity contribution in [1.29, 1.82) is 0 Å². The first-order valence-corrected chi connectivity index (χ1v) is 12.8. The molecule has 1 aromatic rings. The minimum Gasteiger partial charge on any atom is -0.677 e. The molecule has 1 unspecified atom stereocenters. The molecular weight excluding hydrogens is 509 g/mol. The van der Waals surface area contributed by atoms with Gasteiger partial charge < -0.3 is 5.73 Å². The molecule has 0 aliphatic carbocycles. The molecule has 0 amide bonds. The van der Waals surface area contributed by atoms with Gasteiger partial charge in [0.05, 0.1) is 0 Å². The minimum absolute atomic E-state index is 0.